The average Bonchev–Trinajstić information content (AvgIpc) is 2.23. The Balaban J connectivity index is 2.09. The van der Waals surface area contributed by atoms with Crippen LogP contribution in [0.4, 0.5) is 5.69 Å². The number of hydrogen-bond donors (Lipinski definition) is 2. The molecule has 17 heavy (non-hydrogen) atoms. The normalized spacial score (nSPS) is 23.4. The largest absolute Gasteiger partial charge is 0.384 e. The molecule has 1 aromatic carbocycles. The lowest BCUT2D eigenvalue weighted by Gasteiger charge is -2.33. The molecule has 0 aliphatic heterocycles. The maximum Gasteiger partial charge on any atom is 0.0405 e. The molecule has 1 aromatic rings. The van der Waals surface area contributed by atoms with Gasteiger partial charge in [0.25, 0.3) is 0 Å². The molecule has 0 heterocycles. The lowest BCUT2D eigenvalue weighted by Crippen LogP contribution is -2.39. The van der Waals surface area contributed by atoms with Gasteiger partial charge in [-0.05, 0) is 68.7 Å². The minimum atomic E-state index is 0.447. The molecule has 1 fully saturated rings. The molecular weight excluding hydrogens is 208 g/mol. The summed E-state index contributed by atoms with van der Waals surface area (Å²) >= 11 is 0. The first-order valence-corrected chi connectivity index (χ1v) is 6.56. The maximum atomic E-state index is 5.82. The highest BCUT2D eigenvalue weighted by molar-refractivity contribution is 5.62. The Kier molecular flexibility index (Phi) is 3.43. The van der Waals surface area contributed by atoms with Gasteiger partial charge in [-0.25, -0.2) is 0 Å². The van der Waals surface area contributed by atoms with Crippen LogP contribution < -0.4 is 11.1 Å². The van der Waals surface area contributed by atoms with Crippen molar-refractivity contribution in [3.8, 4) is 0 Å². The smallest absolute Gasteiger partial charge is 0.0405 e. The van der Waals surface area contributed by atoms with Crippen molar-refractivity contribution in [3.05, 3.63) is 28.3 Å². The van der Waals surface area contributed by atoms with Gasteiger partial charge in [0.1, 0.15) is 0 Å². The highest BCUT2D eigenvalue weighted by Crippen LogP contribution is 2.29. The molecule has 0 aromatic heterocycles. The second kappa shape index (κ2) is 4.69. The summed E-state index contributed by atoms with van der Waals surface area (Å²) in [4.78, 5) is 0. The second-order valence-corrected chi connectivity index (χ2v) is 5.61. The van der Waals surface area contributed by atoms with Gasteiger partial charge in [0.05, 0.1) is 0 Å². The van der Waals surface area contributed by atoms with Crippen LogP contribution in [0.3, 0.4) is 0 Å². The molecule has 1 saturated carbocycles. The molecule has 0 atom stereocenters. The van der Waals surface area contributed by atoms with Crippen molar-refractivity contribution >= 4 is 5.69 Å². The molecule has 2 nitrogen and oxygen atoms in total. The fourth-order valence-corrected chi connectivity index (χ4v) is 2.68. The predicted molar refractivity (Wildman–Crippen MR) is 74.6 cm³/mol. The molecule has 3 N–H and O–H groups in total. The van der Waals surface area contributed by atoms with Crippen molar-refractivity contribution in [1.29, 1.82) is 0 Å². The van der Waals surface area contributed by atoms with Gasteiger partial charge in [-0.1, -0.05) is 6.07 Å². The van der Waals surface area contributed by atoms with Gasteiger partial charge in [0, 0.05) is 18.3 Å². The van der Waals surface area contributed by atoms with Crippen molar-refractivity contribution in [1.82, 2.24) is 0 Å². The van der Waals surface area contributed by atoms with Gasteiger partial charge in [0.15, 0.2) is 0 Å². The number of anilines is 1. The summed E-state index contributed by atoms with van der Waals surface area (Å²) < 4.78 is 0. The number of nitrogens with one attached hydrogen (secondary N) is 1. The average molecular weight is 232 g/mol. The van der Waals surface area contributed by atoms with Crippen LogP contribution in [-0.4, -0.2) is 12.6 Å². The Morgan fingerprint density at radius 1 is 1.12 bits per heavy atom. The molecule has 1 aliphatic rings. The van der Waals surface area contributed by atoms with E-state index in [1.807, 2.05) is 0 Å². The zero-order valence-corrected chi connectivity index (χ0v) is 11.4. The lowest BCUT2D eigenvalue weighted by atomic mass is 9.81. The molecule has 0 saturated heterocycles. The molecule has 0 spiro atoms. The third kappa shape index (κ3) is 2.47. The fourth-order valence-electron chi connectivity index (χ4n) is 2.68. The number of aryl methyl sites for hydroxylation is 2. The monoisotopic (exact) mass is 232 g/mol. The molecule has 1 aliphatic carbocycles. The van der Waals surface area contributed by atoms with Crippen LogP contribution in [0, 0.1) is 33.6 Å². The van der Waals surface area contributed by atoms with E-state index in [1.54, 1.807) is 0 Å². The molecule has 2 rings (SSSR count). The third-order valence-corrected chi connectivity index (χ3v) is 4.21. The summed E-state index contributed by atoms with van der Waals surface area (Å²) in [6.07, 6.45) is 2.35. The molecule has 0 bridgehead atoms. The molecule has 0 unspecified atom stereocenters. The van der Waals surface area contributed by atoms with Crippen LogP contribution in [0.15, 0.2) is 6.07 Å². The molecular formula is C15H24N2. The van der Waals surface area contributed by atoms with E-state index in [2.05, 4.69) is 39.1 Å². The van der Waals surface area contributed by atoms with Gasteiger partial charge in [-0.15, -0.1) is 0 Å². The van der Waals surface area contributed by atoms with Crippen LogP contribution in [-0.2, 0) is 0 Å². The van der Waals surface area contributed by atoms with E-state index in [-0.39, 0.29) is 0 Å². The first-order chi connectivity index (χ1) is 7.99. The summed E-state index contributed by atoms with van der Waals surface area (Å²) in [7, 11) is 0. The Hall–Kier alpha value is -1.02. The van der Waals surface area contributed by atoms with Crippen molar-refractivity contribution in [2.75, 3.05) is 11.9 Å². The van der Waals surface area contributed by atoms with Gasteiger partial charge in [-0.3, -0.25) is 0 Å². The quantitative estimate of drug-likeness (QED) is 0.840. The molecule has 2 heteroatoms. The number of benzene rings is 1. The zero-order chi connectivity index (χ0) is 12.6. The minimum absolute atomic E-state index is 0.447. The SMILES string of the molecule is Cc1cc(C)c(C)c(NCC2CC(N)C2)c1C. The zero-order valence-electron chi connectivity index (χ0n) is 11.4. The Morgan fingerprint density at radius 3 is 2.12 bits per heavy atom. The van der Waals surface area contributed by atoms with Crippen molar-refractivity contribution in [3.63, 3.8) is 0 Å². The van der Waals surface area contributed by atoms with Gasteiger partial charge >= 0.3 is 0 Å². The van der Waals surface area contributed by atoms with Crippen LogP contribution in [0.1, 0.15) is 35.1 Å². The van der Waals surface area contributed by atoms with Gasteiger partial charge < -0.3 is 11.1 Å². The predicted octanol–water partition coefficient (Wildman–Crippen LogP) is 3.07. The number of rotatable bonds is 3. The summed E-state index contributed by atoms with van der Waals surface area (Å²) in [5.74, 6) is 0.768. The van der Waals surface area contributed by atoms with Gasteiger partial charge in [-0.2, -0.15) is 0 Å². The minimum Gasteiger partial charge on any atom is -0.384 e. The van der Waals surface area contributed by atoms with E-state index in [9.17, 15) is 0 Å². The standard InChI is InChI=1S/C15H24N2/c1-9-5-10(2)12(4)15(11(9)3)17-8-13-6-14(16)7-13/h5,13-14,17H,6-8,16H2,1-4H3. The highest BCUT2D eigenvalue weighted by atomic mass is 14.9. The number of hydrogen-bond acceptors (Lipinski definition) is 2. The first-order valence-electron chi connectivity index (χ1n) is 6.56. The maximum absolute atomic E-state index is 5.82. The summed E-state index contributed by atoms with van der Waals surface area (Å²) in [6, 6.07) is 2.72. The topological polar surface area (TPSA) is 38.0 Å². The molecule has 94 valence electrons. The fraction of sp³-hybridized carbons (Fsp3) is 0.600. The lowest BCUT2D eigenvalue weighted by molar-refractivity contribution is 0.280. The number of nitrogens with two attached hydrogens (primary N) is 1. The molecule has 0 amide bonds. The van der Waals surface area contributed by atoms with E-state index in [4.69, 9.17) is 5.73 Å². The van der Waals surface area contributed by atoms with Gasteiger partial charge in [0.2, 0.25) is 0 Å². The Bertz CT molecular complexity index is 391. The Morgan fingerprint density at radius 2 is 1.65 bits per heavy atom. The summed E-state index contributed by atoms with van der Waals surface area (Å²) in [5.41, 5.74) is 12.7. The van der Waals surface area contributed by atoms with Crippen LogP contribution in [0.5, 0.6) is 0 Å². The van der Waals surface area contributed by atoms with Crippen LogP contribution in [0.2, 0.25) is 0 Å². The highest BCUT2D eigenvalue weighted by Gasteiger charge is 2.25. The summed E-state index contributed by atoms with van der Waals surface area (Å²) in [6.45, 7) is 9.85. The Labute approximate surface area is 105 Å². The van der Waals surface area contributed by atoms with Crippen molar-refractivity contribution in [2.45, 2.75) is 46.6 Å². The summed E-state index contributed by atoms with van der Waals surface area (Å²) in [5, 5.41) is 3.63. The third-order valence-electron chi connectivity index (χ3n) is 4.21. The van der Waals surface area contributed by atoms with E-state index < -0.39 is 0 Å². The second-order valence-electron chi connectivity index (χ2n) is 5.61. The molecule has 0 radical (unpaired) electrons. The van der Waals surface area contributed by atoms with E-state index >= 15 is 0 Å². The first kappa shape index (κ1) is 12.4. The van der Waals surface area contributed by atoms with E-state index in [0.29, 0.717) is 6.04 Å². The van der Waals surface area contributed by atoms with Crippen molar-refractivity contribution < 1.29 is 0 Å². The van der Waals surface area contributed by atoms with Crippen LogP contribution in [0.25, 0.3) is 0 Å². The van der Waals surface area contributed by atoms with E-state index in [1.165, 1.54) is 40.8 Å². The van der Waals surface area contributed by atoms with E-state index in [0.717, 1.165) is 12.5 Å². The van der Waals surface area contributed by atoms with Crippen molar-refractivity contribution in [2.24, 2.45) is 11.7 Å². The van der Waals surface area contributed by atoms with Crippen LogP contribution >= 0.6 is 0 Å².